The predicted molar refractivity (Wildman–Crippen MR) is 106 cm³/mol. The lowest BCUT2D eigenvalue weighted by molar-refractivity contribution is -0.115. The van der Waals surface area contributed by atoms with Gasteiger partial charge in [-0.3, -0.25) is 4.79 Å². The maximum absolute atomic E-state index is 12.0. The van der Waals surface area contributed by atoms with Crippen molar-refractivity contribution in [3.8, 4) is 11.5 Å². The highest BCUT2D eigenvalue weighted by atomic mass is 16.5. The third-order valence-corrected chi connectivity index (χ3v) is 3.93. The predicted octanol–water partition coefficient (Wildman–Crippen LogP) is 5.23. The molecule has 2 N–H and O–H groups in total. The van der Waals surface area contributed by atoms with Crippen LogP contribution in [0.4, 0.5) is 11.4 Å². The summed E-state index contributed by atoms with van der Waals surface area (Å²) in [4.78, 5) is 12.0. The molecule has 0 bridgehead atoms. The molecule has 4 heteroatoms. The van der Waals surface area contributed by atoms with Crippen LogP contribution in [-0.2, 0) is 4.79 Å². The highest BCUT2D eigenvalue weighted by molar-refractivity contribution is 5.91. The minimum atomic E-state index is -0.00386. The van der Waals surface area contributed by atoms with Crippen molar-refractivity contribution >= 4 is 17.3 Å². The first-order valence-corrected chi connectivity index (χ1v) is 8.63. The third-order valence-electron chi connectivity index (χ3n) is 3.93. The standard InChI is InChI=1S/C22H22N2O2/c1-17-7-5-6-10-21(17)24-22(25)15-16-23-18-11-13-20(14-12-18)26-19-8-3-2-4-9-19/h2-14,23H,15-16H2,1H3,(H,24,25). The van der Waals surface area contributed by atoms with Crippen molar-refractivity contribution in [1.82, 2.24) is 0 Å². The van der Waals surface area contributed by atoms with E-state index in [2.05, 4.69) is 10.6 Å². The second kappa shape index (κ2) is 8.72. The van der Waals surface area contributed by atoms with Crippen LogP contribution in [0, 0.1) is 6.92 Å². The number of amides is 1. The summed E-state index contributed by atoms with van der Waals surface area (Å²) in [5.41, 5.74) is 2.87. The Balaban J connectivity index is 1.45. The molecule has 0 spiro atoms. The van der Waals surface area contributed by atoms with Gasteiger partial charge in [-0.15, -0.1) is 0 Å². The molecule has 0 fully saturated rings. The molecule has 132 valence electrons. The number of carbonyl (C=O) groups is 1. The van der Waals surface area contributed by atoms with Crippen LogP contribution in [0.15, 0.2) is 78.9 Å². The summed E-state index contributed by atoms with van der Waals surface area (Å²) in [5, 5.41) is 6.18. The Hall–Kier alpha value is -3.27. The van der Waals surface area contributed by atoms with E-state index in [9.17, 15) is 4.79 Å². The maximum atomic E-state index is 12.0. The number of hydrogen-bond donors (Lipinski definition) is 2. The van der Waals surface area contributed by atoms with Crippen LogP contribution in [0.5, 0.6) is 11.5 Å². The zero-order valence-corrected chi connectivity index (χ0v) is 14.7. The number of para-hydroxylation sites is 2. The lowest BCUT2D eigenvalue weighted by atomic mass is 10.2. The second-order valence-electron chi connectivity index (χ2n) is 5.98. The molecule has 0 aliphatic heterocycles. The van der Waals surface area contributed by atoms with Gasteiger partial charge in [-0.05, 0) is 55.0 Å². The lowest BCUT2D eigenvalue weighted by Gasteiger charge is -2.10. The van der Waals surface area contributed by atoms with Crippen molar-refractivity contribution in [1.29, 1.82) is 0 Å². The largest absolute Gasteiger partial charge is 0.457 e. The van der Waals surface area contributed by atoms with E-state index in [0.29, 0.717) is 13.0 Å². The molecule has 0 heterocycles. The molecule has 3 aromatic carbocycles. The molecule has 0 atom stereocenters. The molecule has 3 aromatic rings. The summed E-state index contributed by atoms with van der Waals surface area (Å²) in [6.45, 7) is 2.55. The molecule has 4 nitrogen and oxygen atoms in total. The number of ether oxygens (including phenoxy) is 1. The van der Waals surface area contributed by atoms with Crippen LogP contribution in [0.2, 0.25) is 0 Å². The molecule has 0 saturated heterocycles. The average molecular weight is 346 g/mol. The summed E-state index contributed by atoms with van der Waals surface area (Å²) < 4.78 is 5.76. The fourth-order valence-electron chi connectivity index (χ4n) is 2.51. The zero-order chi connectivity index (χ0) is 18.2. The van der Waals surface area contributed by atoms with Crippen LogP contribution >= 0.6 is 0 Å². The summed E-state index contributed by atoms with van der Waals surface area (Å²) in [6.07, 6.45) is 0.399. The Kier molecular flexibility index (Phi) is 5.88. The topological polar surface area (TPSA) is 50.4 Å². The Morgan fingerprint density at radius 3 is 2.23 bits per heavy atom. The van der Waals surface area contributed by atoms with Gasteiger partial charge in [0, 0.05) is 24.3 Å². The number of aryl methyl sites for hydroxylation is 1. The number of carbonyl (C=O) groups excluding carboxylic acids is 1. The van der Waals surface area contributed by atoms with Gasteiger partial charge in [0.1, 0.15) is 11.5 Å². The number of benzene rings is 3. The van der Waals surface area contributed by atoms with Crippen molar-refractivity contribution in [2.24, 2.45) is 0 Å². The number of rotatable bonds is 7. The number of hydrogen-bond acceptors (Lipinski definition) is 3. The minimum Gasteiger partial charge on any atom is -0.457 e. The van der Waals surface area contributed by atoms with Gasteiger partial charge in [0.15, 0.2) is 0 Å². The van der Waals surface area contributed by atoms with Crippen LogP contribution in [0.3, 0.4) is 0 Å². The van der Waals surface area contributed by atoms with Crippen LogP contribution < -0.4 is 15.4 Å². The van der Waals surface area contributed by atoms with Crippen LogP contribution in [0.25, 0.3) is 0 Å². The average Bonchev–Trinajstić information content (AvgIpc) is 2.66. The van der Waals surface area contributed by atoms with Crippen molar-refractivity contribution in [3.63, 3.8) is 0 Å². The van der Waals surface area contributed by atoms with E-state index < -0.39 is 0 Å². The zero-order valence-electron chi connectivity index (χ0n) is 14.7. The van der Waals surface area contributed by atoms with Gasteiger partial charge in [0.05, 0.1) is 0 Å². The molecule has 0 aliphatic carbocycles. The summed E-state index contributed by atoms with van der Waals surface area (Å²) in [5.74, 6) is 1.58. The Morgan fingerprint density at radius 2 is 1.50 bits per heavy atom. The normalized spacial score (nSPS) is 10.2. The monoisotopic (exact) mass is 346 g/mol. The van der Waals surface area contributed by atoms with Gasteiger partial charge in [-0.1, -0.05) is 36.4 Å². The fourth-order valence-corrected chi connectivity index (χ4v) is 2.51. The van der Waals surface area contributed by atoms with Crippen molar-refractivity contribution in [2.75, 3.05) is 17.2 Å². The van der Waals surface area contributed by atoms with E-state index in [0.717, 1.165) is 28.4 Å². The first kappa shape index (κ1) is 17.5. The Labute approximate surface area is 153 Å². The van der Waals surface area contributed by atoms with E-state index in [1.54, 1.807) is 0 Å². The molecule has 1 amide bonds. The van der Waals surface area contributed by atoms with Crippen LogP contribution in [-0.4, -0.2) is 12.5 Å². The van der Waals surface area contributed by atoms with E-state index in [1.807, 2.05) is 85.8 Å². The lowest BCUT2D eigenvalue weighted by Crippen LogP contribution is -2.16. The summed E-state index contributed by atoms with van der Waals surface area (Å²) in [6, 6.07) is 25.1. The molecule has 0 aliphatic rings. The second-order valence-corrected chi connectivity index (χ2v) is 5.98. The molecular formula is C22H22N2O2. The van der Waals surface area contributed by atoms with E-state index in [-0.39, 0.29) is 5.91 Å². The van der Waals surface area contributed by atoms with Crippen molar-refractivity contribution < 1.29 is 9.53 Å². The Morgan fingerprint density at radius 1 is 0.846 bits per heavy atom. The number of anilines is 2. The SMILES string of the molecule is Cc1ccccc1NC(=O)CCNc1ccc(Oc2ccccc2)cc1. The van der Waals surface area contributed by atoms with Gasteiger partial charge < -0.3 is 15.4 Å². The van der Waals surface area contributed by atoms with E-state index in [4.69, 9.17) is 4.74 Å². The van der Waals surface area contributed by atoms with Gasteiger partial charge >= 0.3 is 0 Å². The van der Waals surface area contributed by atoms with Crippen molar-refractivity contribution in [3.05, 3.63) is 84.4 Å². The molecule has 0 aromatic heterocycles. The van der Waals surface area contributed by atoms with Gasteiger partial charge in [-0.2, -0.15) is 0 Å². The third kappa shape index (κ3) is 5.11. The fraction of sp³-hybridized carbons (Fsp3) is 0.136. The van der Waals surface area contributed by atoms with Gasteiger partial charge in [0.2, 0.25) is 5.91 Å². The van der Waals surface area contributed by atoms with E-state index in [1.165, 1.54) is 0 Å². The molecule has 3 rings (SSSR count). The summed E-state index contributed by atoms with van der Waals surface area (Å²) in [7, 11) is 0. The molecule has 0 radical (unpaired) electrons. The smallest absolute Gasteiger partial charge is 0.226 e. The molecule has 0 saturated carbocycles. The van der Waals surface area contributed by atoms with Gasteiger partial charge in [-0.25, -0.2) is 0 Å². The Bertz CT molecular complexity index is 846. The minimum absolute atomic E-state index is 0.00386. The highest BCUT2D eigenvalue weighted by Gasteiger charge is 2.04. The quantitative estimate of drug-likeness (QED) is 0.616. The van der Waals surface area contributed by atoms with Gasteiger partial charge in [0.25, 0.3) is 0 Å². The molecule has 26 heavy (non-hydrogen) atoms. The first-order chi connectivity index (χ1) is 12.7. The van der Waals surface area contributed by atoms with Crippen LogP contribution in [0.1, 0.15) is 12.0 Å². The molecule has 0 unspecified atom stereocenters. The highest BCUT2D eigenvalue weighted by Crippen LogP contribution is 2.22. The molecular weight excluding hydrogens is 324 g/mol. The van der Waals surface area contributed by atoms with Crippen molar-refractivity contribution in [2.45, 2.75) is 13.3 Å². The first-order valence-electron chi connectivity index (χ1n) is 8.63. The maximum Gasteiger partial charge on any atom is 0.226 e. The van der Waals surface area contributed by atoms with E-state index >= 15 is 0 Å². The number of nitrogens with one attached hydrogen (secondary N) is 2. The summed E-state index contributed by atoms with van der Waals surface area (Å²) >= 11 is 0.